The monoisotopic (exact) mass is 632 g/mol. The van der Waals surface area contributed by atoms with Crippen LogP contribution in [0.3, 0.4) is 0 Å². The number of benzene rings is 1. The number of fused-ring (bicyclic) bond motifs is 1. The summed E-state index contributed by atoms with van der Waals surface area (Å²) in [6, 6.07) is 15.3. The molecule has 1 fully saturated rings. The van der Waals surface area contributed by atoms with Crippen molar-refractivity contribution >= 4 is 23.3 Å². The molecule has 5 aromatic rings. The maximum absolute atomic E-state index is 14.0. The van der Waals surface area contributed by atoms with Crippen molar-refractivity contribution in [2.24, 2.45) is 7.05 Å². The summed E-state index contributed by atoms with van der Waals surface area (Å²) in [5.41, 5.74) is 2.48. The Labute approximate surface area is 272 Å². The van der Waals surface area contributed by atoms with E-state index in [2.05, 4.69) is 26.5 Å². The Bertz CT molecular complexity index is 1960. The number of piperazine rings is 1. The minimum atomic E-state index is -1.32. The van der Waals surface area contributed by atoms with E-state index in [4.69, 9.17) is 14.7 Å². The molecule has 1 N–H and O–H groups in total. The molecule has 5 heterocycles. The van der Waals surface area contributed by atoms with Crippen molar-refractivity contribution in [2.45, 2.75) is 38.8 Å². The summed E-state index contributed by atoms with van der Waals surface area (Å²) in [6.45, 7) is 9.05. The smallest absolute Gasteiger partial charge is 0.408 e. The largest absolute Gasteiger partial charge is 0.444 e. The molecular weight excluding hydrogens is 596 g/mol. The van der Waals surface area contributed by atoms with Crippen LogP contribution < -0.4 is 10.2 Å². The van der Waals surface area contributed by atoms with Crippen LogP contribution in [0.5, 0.6) is 0 Å². The minimum Gasteiger partial charge on any atom is -0.444 e. The van der Waals surface area contributed by atoms with Crippen molar-refractivity contribution < 1.29 is 14.3 Å². The molecule has 4 aromatic heterocycles. The Balaban J connectivity index is 1.20. The van der Waals surface area contributed by atoms with Crippen LogP contribution in [-0.4, -0.2) is 78.0 Å². The van der Waals surface area contributed by atoms with E-state index in [1.54, 1.807) is 60.4 Å². The van der Waals surface area contributed by atoms with E-state index in [0.29, 0.717) is 54.2 Å². The molecular formula is C34H36N10O3. The Hall–Kier alpha value is -5.77. The fourth-order valence-corrected chi connectivity index (χ4v) is 5.69. The van der Waals surface area contributed by atoms with Crippen LogP contribution in [-0.2, 0) is 22.1 Å². The first-order valence-corrected chi connectivity index (χ1v) is 15.3. The highest BCUT2D eigenvalue weighted by Gasteiger charge is 2.42. The number of hydrogen-bond donors (Lipinski definition) is 1. The molecule has 1 aliphatic rings. The molecule has 13 heteroatoms. The average Bonchev–Trinajstić information content (AvgIpc) is 3.69. The first-order chi connectivity index (χ1) is 22.4. The van der Waals surface area contributed by atoms with Crippen LogP contribution in [0, 0.1) is 11.3 Å². The van der Waals surface area contributed by atoms with Crippen LogP contribution >= 0.6 is 0 Å². The Morgan fingerprint density at radius 2 is 1.66 bits per heavy atom. The molecule has 6 rings (SSSR count). The second-order valence-corrected chi connectivity index (χ2v) is 12.6. The summed E-state index contributed by atoms with van der Waals surface area (Å²) in [7, 11) is 1.84. The lowest BCUT2D eigenvalue weighted by Crippen LogP contribution is -2.60. The van der Waals surface area contributed by atoms with Gasteiger partial charge in [0, 0.05) is 56.7 Å². The lowest BCUT2D eigenvalue weighted by Gasteiger charge is -2.40. The number of carbonyl (C=O) groups is 2. The molecule has 47 heavy (non-hydrogen) atoms. The Kier molecular flexibility index (Phi) is 8.11. The van der Waals surface area contributed by atoms with E-state index in [1.165, 1.54) is 6.20 Å². The third-order valence-electron chi connectivity index (χ3n) is 8.06. The van der Waals surface area contributed by atoms with Crippen molar-refractivity contribution in [2.75, 3.05) is 31.1 Å². The van der Waals surface area contributed by atoms with Gasteiger partial charge in [-0.05, 0) is 45.4 Å². The molecule has 0 bridgehead atoms. The van der Waals surface area contributed by atoms with E-state index in [9.17, 15) is 14.9 Å². The Morgan fingerprint density at radius 3 is 2.28 bits per heavy atom. The number of pyridine rings is 1. The van der Waals surface area contributed by atoms with Gasteiger partial charge in [0.25, 0.3) is 5.91 Å². The zero-order chi connectivity index (χ0) is 33.3. The average molecular weight is 633 g/mol. The van der Waals surface area contributed by atoms with Crippen LogP contribution in [0.2, 0.25) is 0 Å². The maximum Gasteiger partial charge on any atom is 0.408 e. The predicted molar refractivity (Wildman–Crippen MR) is 175 cm³/mol. The van der Waals surface area contributed by atoms with Crippen molar-refractivity contribution in [1.29, 1.82) is 5.26 Å². The summed E-state index contributed by atoms with van der Waals surface area (Å²) in [5, 5.41) is 21.2. The van der Waals surface area contributed by atoms with Gasteiger partial charge in [0.2, 0.25) is 0 Å². The van der Waals surface area contributed by atoms with Crippen LogP contribution in [0.15, 0.2) is 73.4 Å². The van der Waals surface area contributed by atoms with Crippen LogP contribution in [0.1, 0.15) is 38.8 Å². The number of ether oxygens (including phenoxy) is 1. The van der Waals surface area contributed by atoms with Gasteiger partial charge in [-0.2, -0.15) is 15.5 Å². The highest BCUT2D eigenvalue weighted by Crippen LogP contribution is 2.30. The number of anilines is 1. The summed E-state index contributed by atoms with van der Waals surface area (Å²) in [4.78, 5) is 40.4. The molecule has 0 unspecified atom stereocenters. The van der Waals surface area contributed by atoms with Gasteiger partial charge in [0.15, 0.2) is 0 Å². The van der Waals surface area contributed by atoms with E-state index < -0.39 is 17.2 Å². The molecule has 240 valence electrons. The third kappa shape index (κ3) is 6.35. The predicted octanol–water partition coefficient (Wildman–Crippen LogP) is 4.15. The van der Waals surface area contributed by atoms with Gasteiger partial charge in [-0.3, -0.25) is 9.48 Å². The topological polar surface area (TPSA) is 147 Å². The van der Waals surface area contributed by atoms with Gasteiger partial charge in [-0.25, -0.2) is 19.3 Å². The van der Waals surface area contributed by atoms with Crippen molar-refractivity contribution in [3.05, 3.63) is 84.6 Å². The number of amides is 2. The fraction of sp³-hybridized carbons (Fsp3) is 0.324. The van der Waals surface area contributed by atoms with Crippen LogP contribution in [0.4, 0.5) is 10.6 Å². The minimum absolute atomic E-state index is 0.213. The number of nitriles is 1. The lowest BCUT2D eigenvalue weighted by molar-refractivity contribution is -0.138. The zero-order valence-electron chi connectivity index (χ0n) is 27.0. The molecule has 1 atom stereocenters. The molecule has 0 radical (unpaired) electrons. The van der Waals surface area contributed by atoms with Gasteiger partial charge in [0.1, 0.15) is 34.1 Å². The van der Waals surface area contributed by atoms with Crippen molar-refractivity contribution in [3.63, 3.8) is 0 Å². The summed E-state index contributed by atoms with van der Waals surface area (Å²) < 4.78 is 8.87. The summed E-state index contributed by atoms with van der Waals surface area (Å²) in [5.74, 6) is 0.544. The Morgan fingerprint density at radius 1 is 0.915 bits per heavy atom. The number of aryl methyl sites for hydroxylation is 1. The zero-order valence-corrected chi connectivity index (χ0v) is 27.0. The molecule has 1 aliphatic heterocycles. The van der Waals surface area contributed by atoms with E-state index in [1.807, 2.05) is 55.7 Å². The molecule has 0 aliphatic carbocycles. The quantitative estimate of drug-likeness (QED) is 0.292. The van der Waals surface area contributed by atoms with E-state index in [-0.39, 0.29) is 5.91 Å². The van der Waals surface area contributed by atoms with Gasteiger partial charge < -0.3 is 19.9 Å². The van der Waals surface area contributed by atoms with Crippen molar-refractivity contribution in [1.82, 2.24) is 39.6 Å². The van der Waals surface area contributed by atoms with Gasteiger partial charge in [0.05, 0.1) is 30.0 Å². The van der Waals surface area contributed by atoms with Crippen molar-refractivity contribution in [3.8, 4) is 28.6 Å². The number of nitrogens with one attached hydrogen (secondary N) is 1. The number of alkyl carbamates (subject to hydrolysis) is 1. The number of rotatable bonds is 6. The third-order valence-corrected chi connectivity index (χ3v) is 8.06. The first kappa shape index (κ1) is 31.2. The SMILES string of the molecule is Cn1cc(-c2cn3ncc(C#N)c3c(-c3ccc(N4CCN(C(=O)[C@](C)(NC(=O)OC(C)(C)C)c5ccccc5)CC4)nc3)n2)cn1. The summed E-state index contributed by atoms with van der Waals surface area (Å²) >= 11 is 0. The normalized spacial score (nSPS) is 14.8. The van der Waals surface area contributed by atoms with Crippen LogP contribution in [0.25, 0.3) is 28.0 Å². The molecule has 0 spiro atoms. The molecule has 1 saturated heterocycles. The maximum atomic E-state index is 14.0. The second-order valence-electron chi connectivity index (χ2n) is 12.6. The van der Waals surface area contributed by atoms with Gasteiger partial charge in [-0.15, -0.1) is 0 Å². The van der Waals surface area contributed by atoms with E-state index >= 15 is 0 Å². The highest BCUT2D eigenvalue weighted by molar-refractivity contribution is 5.91. The molecule has 2 amide bonds. The van der Waals surface area contributed by atoms with Gasteiger partial charge >= 0.3 is 6.09 Å². The number of carbonyl (C=O) groups excluding carboxylic acids is 2. The molecule has 1 aromatic carbocycles. The molecule has 13 nitrogen and oxygen atoms in total. The first-order valence-electron chi connectivity index (χ1n) is 15.3. The van der Waals surface area contributed by atoms with Gasteiger partial charge in [-0.1, -0.05) is 30.3 Å². The number of nitrogens with zero attached hydrogens (tertiary/aromatic N) is 9. The number of aromatic nitrogens is 6. The summed E-state index contributed by atoms with van der Waals surface area (Å²) in [6.07, 6.45) is 8.00. The standard InChI is InChI=1S/C34H36N10O3/c1-33(2,3)47-32(46)40-34(4,26-9-7-6-8-10-26)31(45)43-15-13-42(14-16-43)28-12-11-23(18-36-28)29-30-24(17-35)19-38-44(30)22-27(39-29)25-20-37-41(5)21-25/h6-12,18-22H,13-16H2,1-5H3,(H,40,46)/t34-/m1/s1. The lowest BCUT2D eigenvalue weighted by atomic mass is 9.90. The highest BCUT2D eigenvalue weighted by atomic mass is 16.6. The second kappa shape index (κ2) is 12.2. The van der Waals surface area contributed by atoms with E-state index in [0.717, 1.165) is 16.9 Å². The fourth-order valence-electron chi connectivity index (χ4n) is 5.69. The molecule has 0 saturated carbocycles. The number of hydrogen-bond acceptors (Lipinski definition) is 9.